The maximum absolute atomic E-state index is 5.16. The Hall–Kier alpha value is -1.60. The fourth-order valence-corrected chi connectivity index (χ4v) is 3.07. The van der Waals surface area contributed by atoms with Crippen LogP contribution >= 0.6 is 24.0 Å². The van der Waals surface area contributed by atoms with Crippen molar-refractivity contribution in [2.75, 3.05) is 17.6 Å². The van der Waals surface area contributed by atoms with Crippen LogP contribution < -0.4 is 16.1 Å². The third kappa shape index (κ3) is 6.19. The average Bonchev–Trinajstić information content (AvgIpc) is 2.54. The molecule has 1 aliphatic heterocycles. The van der Waals surface area contributed by atoms with Crippen LogP contribution in [-0.4, -0.2) is 34.3 Å². The summed E-state index contributed by atoms with van der Waals surface area (Å²) in [5, 5.41) is 12.3. The lowest BCUT2D eigenvalue weighted by atomic mass is 10.1. The van der Waals surface area contributed by atoms with Crippen LogP contribution in [0.25, 0.3) is 0 Å². The molecule has 0 aliphatic carbocycles. The van der Waals surface area contributed by atoms with Crippen molar-refractivity contribution in [3.8, 4) is 0 Å². The molecule has 0 bridgehead atoms. The van der Waals surface area contributed by atoms with Crippen molar-refractivity contribution in [3.63, 3.8) is 0 Å². The topological polar surface area (TPSA) is 60.8 Å². The van der Waals surface area contributed by atoms with Gasteiger partial charge in [-0.15, -0.1) is 0 Å². The van der Waals surface area contributed by atoms with E-state index in [1.54, 1.807) is 11.8 Å². The monoisotopic (exact) mass is 349 g/mol. The van der Waals surface area contributed by atoms with Gasteiger partial charge in [0, 0.05) is 24.0 Å². The van der Waals surface area contributed by atoms with Gasteiger partial charge in [-0.3, -0.25) is 10.4 Å². The molecule has 2 rings (SSSR count). The van der Waals surface area contributed by atoms with Crippen molar-refractivity contribution in [1.82, 2.24) is 10.7 Å². The van der Waals surface area contributed by atoms with Crippen molar-refractivity contribution in [2.45, 2.75) is 33.2 Å². The standard InChI is InChI=1S/C16H23N5S2/c1-11(2)18-15(22)21-20-12(3)13-5-7-14(8-6-13)19-16-17-9-4-10-23-16/h5-8,11H,4,9-10H2,1-3H3,(H,17,19)(H2,18,21,22)/b20-12-. The summed E-state index contributed by atoms with van der Waals surface area (Å²) in [5.41, 5.74) is 5.84. The third-order valence-corrected chi connectivity index (χ3v) is 4.30. The fourth-order valence-electron chi connectivity index (χ4n) is 1.95. The van der Waals surface area contributed by atoms with E-state index in [0.29, 0.717) is 5.11 Å². The quantitative estimate of drug-likeness (QED) is 0.443. The first-order chi connectivity index (χ1) is 11.0. The number of benzene rings is 1. The number of nitrogens with one attached hydrogen (secondary N) is 3. The summed E-state index contributed by atoms with van der Waals surface area (Å²) in [6.07, 6.45) is 1.16. The van der Waals surface area contributed by atoms with Gasteiger partial charge in [-0.05, 0) is 57.1 Å². The molecule has 7 heteroatoms. The molecule has 5 nitrogen and oxygen atoms in total. The number of aliphatic imine (C=N–C) groups is 1. The Morgan fingerprint density at radius 3 is 2.65 bits per heavy atom. The normalized spacial score (nSPS) is 15.1. The number of thiocarbonyl (C=S) groups is 1. The van der Waals surface area contributed by atoms with Gasteiger partial charge in [-0.25, -0.2) is 0 Å². The number of hydrogen-bond donors (Lipinski definition) is 3. The molecule has 124 valence electrons. The highest BCUT2D eigenvalue weighted by Crippen LogP contribution is 2.17. The fraction of sp³-hybridized carbons (Fsp3) is 0.438. The first-order valence-corrected chi connectivity index (χ1v) is 9.09. The Kier molecular flexibility index (Phi) is 6.85. The number of amidine groups is 1. The Bertz CT molecular complexity index is 593. The van der Waals surface area contributed by atoms with Gasteiger partial charge < -0.3 is 10.6 Å². The molecule has 1 aromatic carbocycles. The molecule has 23 heavy (non-hydrogen) atoms. The van der Waals surface area contributed by atoms with Crippen LogP contribution in [0.3, 0.4) is 0 Å². The molecule has 1 aliphatic rings. The molecular weight excluding hydrogens is 326 g/mol. The van der Waals surface area contributed by atoms with Crippen LogP contribution in [0, 0.1) is 0 Å². The maximum atomic E-state index is 5.16. The van der Waals surface area contributed by atoms with Gasteiger partial charge in [-0.2, -0.15) is 5.10 Å². The molecule has 0 fully saturated rings. The predicted octanol–water partition coefficient (Wildman–Crippen LogP) is 3.19. The van der Waals surface area contributed by atoms with Crippen LogP contribution in [-0.2, 0) is 0 Å². The van der Waals surface area contributed by atoms with Gasteiger partial charge in [0.05, 0.1) is 5.71 Å². The van der Waals surface area contributed by atoms with E-state index >= 15 is 0 Å². The zero-order valence-corrected chi connectivity index (χ0v) is 15.4. The number of nitrogens with zero attached hydrogens (tertiary/aromatic N) is 2. The lowest BCUT2D eigenvalue weighted by molar-refractivity contribution is 0.719. The van der Waals surface area contributed by atoms with Crippen molar-refractivity contribution in [3.05, 3.63) is 29.8 Å². The van der Waals surface area contributed by atoms with E-state index in [4.69, 9.17) is 12.2 Å². The summed E-state index contributed by atoms with van der Waals surface area (Å²) in [6, 6.07) is 8.44. The highest BCUT2D eigenvalue weighted by Gasteiger charge is 2.06. The van der Waals surface area contributed by atoms with Gasteiger partial charge in [0.25, 0.3) is 0 Å². The minimum atomic E-state index is 0.288. The predicted molar refractivity (Wildman–Crippen MR) is 106 cm³/mol. The number of hydrogen-bond acceptors (Lipinski definition) is 5. The van der Waals surface area contributed by atoms with Crippen LogP contribution in [0.1, 0.15) is 32.8 Å². The van der Waals surface area contributed by atoms with Gasteiger partial charge in [-0.1, -0.05) is 23.9 Å². The summed E-state index contributed by atoms with van der Waals surface area (Å²) in [7, 11) is 0. The number of anilines is 1. The van der Waals surface area contributed by atoms with E-state index in [9.17, 15) is 0 Å². The second kappa shape index (κ2) is 8.88. The maximum Gasteiger partial charge on any atom is 0.187 e. The molecule has 0 unspecified atom stereocenters. The zero-order valence-electron chi connectivity index (χ0n) is 13.7. The van der Waals surface area contributed by atoms with Crippen LogP contribution in [0.4, 0.5) is 5.69 Å². The second-order valence-corrected chi connectivity index (χ2v) is 7.02. The summed E-state index contributed by atoms with van der Waals surface area (Å²) in [6.45, 7) is 6.93. The molecule has 0 spiro atoms. The second-order valence-electron chi connectivity index (χ2n) is 5.53. The summed E-state index contributed by atoms with van der Waals surface area (Å²) in [4.78, 5) is 4.47. The molecule has 1 aromatic rings. The molecular formula is C16H23N5S2. The van der Waals surface area contributed by atoms with Crippen molar-refractivity contribution >= 4 is 45.7 Å². The van der Waals surface area contributed by atoms with Crippen molar-refractivity contribution in [1.29, 1.82) is 0 Å². The van der Waals surface area contributed by atoms with Crippen LogP contribution in [0.5, 0.6) is 0 Å². The number of thioether (sulfide) groups is 1. The van der Waals surface area contributed by atoms with E-state index in [1.807, 2.05) is 45.0 Å². The Labute approximate surface area is 147 Å². The van der Waals surface area contributed by atoms with Gasteiger partial charge >= 0.3 is 0 Å². The van der Waals surface area contributed by atoms with E-state index < -0.39 is 0 Å². The molecule has 0 aromatic heterocycles. The first-order valence-electron chi connectivity index (χ1n) is 7.70. The lowest BCUT2D eigenvalue weighted by Gasteiger charge is -2.13. The van der Waals surface area contributed by atoms with E-state index in [1.165, 1.54) is 0 Å². The molecule has 3 N–H and O–H groups in total. The Morgan fingerprint density at radius 2 is 2.04 bits per heavy atom. The zero-order chi connectivity index (χ0) is 16.7. The number of hydrazone groups is 1. The molecule has 0 saturated carbocycles. The van der Waals surface area contributed by atoms with E-state index in [-0.39, 0.29) is 6.04 Å². The SMILES string of the molecule is C/C(=N/NC(=S)NC(C)C)c1ccc(NC2=NCCCS2)cc1. The van der Waals surface area contributed by atoms with Crippen molar-refractivity contribution < 1.29 is 0 Å². The minimum absolute atomic E-state index is 0.288. The summed E-state index contributed by atoms with van der Waals surface area (Å²) >= 11 is 6.92. The highest BCUT2D eigenvalue weighted by atomic mass is 32.2. The van der Waals surface area contributed by atoms with Gasteiger partial charge in [0.1, 0.15) is 0 Å². The van der Waals surface area contributed by atoms with Crippen LogP contribution in [0.15, 0.2) is 34.4 Å². The summed E-state index contributed by atoms with van der Waals surface area (Å²) in [5.74, 6) is 1.13. The molecule has 0 amide bonds. The molecule has 0 radical (unpaired) electrons. The van der Waals surface area contributed by atoms with Gasteiger partial charge in [0.2, 0.25) is 0 Å². The molecule has 0 saturated heterocycles. The number of rotatable bonds is 4. The minimum Gasteiger partial charge on any atom is -0.359 e. The molecule has 1 heterocycles. The lowest BCUT2D eigenvalue weighted by Crippen LogP contribution is -2.37. The highest BCUT2D eigenvalue weighted by molar-refractivity contribution is 8.14. The average molecular weight is 350 g/mol. The largest absolute Gasteiger partial charge is 0.359 e. The Morgan fingerprint density at radius 1 is 1.30 bits per heavy atom. The van der Waals surface area contributed by atoms with E-state index in [2.05, 4.69) is 26.2 Å². The van der Waals surface area contributed by atoms with Gasteiger partial charge in [0.15, 0.2) is 10.3 Å². The van der Waals surface area contributed by atoms with Crippen molar-refractivity contribution in [2.24, 2.45) is 10.1 Å². The smallest absolute Gasteiger partial charge is 0.187 e. The summed E-state index contributed by atoms with van der Waals surface area (Å²) < 4.78 is 0. The first kappa shape index (κ1) is 17.7. The third-order valence-electron chi connectivity index (χ3n) is 3.10. The van der Waals surface area contributed by atoms with Crippen LogP contribution in [0.2, 0.25) is 0 Å². The van der Waals surface area contributed by atoms with E-state index in [0.717, 1.165) is 40.8 Å². The molecule has 0 atom stereocenters. The Balaban J connectivity index is 1.92.